The van der Waals surface area contributed by atoms with E-state index in [1.165, 1.54) is 12.1 Å². The van der Waals surface area contributed by atoms with E-state index in [0.29, 0.717) is 0 Å². The van der Waals surface area contributed by atoms with Crippen LogP contribution < -0.4 is 27.9 Å². The van der Waals surface area contributed by atoms with E-state index in [0.717, 1.165) is 21.7 Å². The summed E-state index contributed by atoms with van der Waals surface area (Å²) >= 11 is -15.5. The Labute approximate surface area is 368 Å². The minimum atomic E-state index is -5.27. The van der Waals surface area contributed by atoms with Gasteiger partial charge >= 0.3 is 371 Å². The molecule has 10 nitrogen and oxygen atoms in total. The van der Waals surface area contributed by atoms with Crippen LogP contribution in [0.15, 0.2) is 231 Å². The molecule has 0 unspecified atom stereocenters. The summed E-state index contributed by atoms with van der Waals surface area (Å²) < 4.78 is 35.6. The van der Waals surface area contributed by atoms with Crippen molar-refractivity contribution in [2.24, 2.45) is 0 Å². The van der Waals surface area contributed by atoms with Crippen LogP contribution in [0.3, 0.4) is 0 Å². The van der Waals surface area contributed by atoms with Crippen LogP contribution in [0.2, 0.25) is 0 Å². The number of para-hydroxylation sites is 4. The molecular weight excluding hydrogens is 1120 g/mol. The summed E-state index contributed by atoms with van der Waals surface area (Å²) in [6.07, 6.45) is 0. The predicted octanol–water partition coefficient (Wildman–Crippen LogP) is 6.76. The van der Waals surface area contributed by atoms with E-state index in [-0.39, 0.29) is 22.9 Å². The molecule has 0 saturated heterocycles. The first-order chi connectivity index (χ1) is 29.8. The molecule has 306 valence electrons. The topological polar surface area (TPSA) is 123 Å². The summed E-state index contributed by atoms with van der Waals surface area (Å²) in [6, 6.07) is 70.5. The Bertz CT molecular complexity index is 2450. The fourth-order valence-corrected chi connectivity index (χ4v) is 51.3. The van der Waals surface area contributed by atoms with Crippen LogP contribution in [-0.2, 0) is 2.93 Å². The number of nitro groups is 2. The van der Waals surface area contributed by atoms with Crippen LogP contribution in [0.4, 0.5) is 11.4 Å². The fourth-order valence-electron chi connectivity index (χ4n) is 6.43. The van der Waals surface area contributed by atoms with Crippen LogP contribution in [-0.4, -0.2) is 66.9 Å². The number of rotatable bonds is 16. The van der Waals surface area contributed by atoms with Gasteiger partial charge in [-0.3, -0.25) is 0 Å². The van der Waals surface area contributed by atoms with Crippen molar-refractivity contribution in [1.29, 1.82) is 0 Å². The molecule has 0 bridgehead atoms. The number of hydrogen-bond acceptors (Lipinski definition) is 8. The summed E-state index contributed by atoms with van der Waals surface area (Å²) in [6.45, 7) is 0. The fraction of sp³-hybridized carbons (Fsp3) is 0. The average Bonchev–Trinajstić information content (AvgIpc) is 3.32. The van der Waals surface area contributed by atoms with Gasteiger partial charge in [0.05, 0.1) is 0 Å². The molecule has 0 aliphatic rings. The van der Waals surface area contributed by atoms with Gasteiger partial charge in [0.25, 0.3) is 0 Å². The first kappa shape index (κ1) is 42.2. The van der Waals surface area contributed by atoms with Crippen LogP contribution in [0.5, 0.6) is 11.5 Å². The second kappa shape index (κ2) is 19.0. The van der Waals surface area contributed by atoms with Gasteiger partial charge in [0.1, 0.15) is 0 Å². The van der Waals surface area contributed by atoms with Gasteiger partial charge in [0.15, 0.2) is 0 Å². The van der Waals surface area contributed by atoms with Gasteiger partial charge in [0, 0.05) is 0 Å². The SMILES string of the molecule is O=[N+]([O-])c1ccccc1O[Te](O[Te](O[Te](Oc1ccccc1[N+](=O)[O-])(c1ccccc1)c1ccccc1)(c1ccccc1)c1ccccc1)(c1ccccc1)c1ccccc1. The van der Waals surface area contributed by atoms with Crippen molar-refractivity contribution in [3.05, 3.63) is 251 Å². The zero-order valence-electron chi connectivity index (χ0n) is 32.3. The Morgan fingerprint density at radius 2 is 0.508 bits per heavy atom. The molecule has 0 aliphatic carbocycles. The second-order valence-corrected chi connectivity index (χ2v) is 36.8. The van der Waals surface area contributed by atoms with Gasteiger partial charge in [-0.05, 0) is 0 Å². The molecule has 0 saturated carbocycles. The van der Waals surface area contributed by atoms with Gasteiger partial charge in [-0.2, -0.15) is 0 Å². The van der Waals surface area contributed by atoms with Crippen molar-refractivity contribution in [2.45, 2.75) is 0 Å². The molecule has 8 aromatic carbocycles. The summed E-state index contributed by atoms with van der Waals surface area (Å²) in [7, 11) is 0. The van der Waals surface area contributed by atoms with E-state index < -0.39 is 66.9 Å². The Kier molecular flexibility index (Phi) is 13.1. The number of hydrogen-bond donors (Lipinski definition) is 0. The van der Waals surface area contributed by atoms with E-state index in [1.807, 2.05) is 182 Å². The number of nitrogens with zero attached hydrogens (tertiary/aromatic N) is 2. The van der Waals surface area contributed by atoms with Gasteiger partial charge in [-0.25, -0.2) is 0 Å². The van der Waals surface area contributed by atoms with Gasteiger partial charge < -0.3 is 0 Å². The molecule has 0 N–H and O–H groups in total. The molecule has 8 aromatic rings. The molecular formula is C48H38N2O8Te3. The molecule has 61 heavy (non-hydrogen) atoms. The van der Waals surface area contributed by atoms with E-state index in [9.17, 15) is 20.2 Å². The zero-order chi connectivity index (χ0) is 42.1. The van der Waals surface area contributed by atoms with Crippen molar-refractivity contribution < 1.29 is 19.0 Å². The summed E-state index contributed by atoms with van der Waals surface area (Å²) in [5, 5.41) is 25.4. The van der Waals surface area contributed by atoms with Crippen LogP contribution >= 0.6 is 0 Å². The van der Waals surface area contributed by atoms with Crippen LogP contribution in [0.25, 0.3) is 0 Å². The Balaban J connectivity index is 1.51. The predicted molar refractivity (Wildman–Crippen MR) is 243 cm³/mol. The van der Waals surface area contributed by atoms with Crippen LogP contribution in [0.1, 0.15) is 0 Å². The van der Waals surface area contributed by atoms with E-state index in [1.54, 1.807) is 36.4 Å². The molecule has 0 aromatic heterocycles. The monoisotopic (exact) mass is 1160 g/mol. The quantitative estimate of drug-likeness (QED) is 0.0592. The van der Waals surface area contributed by atoms with E-state index in [2.05, 4.69) is 0 Å². The van der Waals surface area contributed by atoms with Crippen molar-refractivity contribution in [3.63, 3.8) is 0 Å². The van der Waals surface area contributed by atoms with Crippen molar-refractivity contribution in [1.82, 2.24) is 0 Å². The van der Waals surface area contributed by atoms with Gasteiger partial charge in [-0.1, -0.05) is 0 Å². The first-order valence-corrected chi connectivity index (χ1v) is 31.6. The Morgan fingerprint density at radius 3 is 0.754 bits per heavy atom. The maximum absolute atomic E-state index is 12.7. The molecule has 0 amide bonds. The Morgan fingerprint density at radius 1 is 0.295 bits per heavy atom. The van der Waals surface area contributed by atoms with Crippen LogP contribution in [0, 0.1) is 20.2 Å². The average molecular weight is 1150 g/mol. The molecule has 0 radical (unpaired) electrons. The molecule has 0 atom stereocenters. The van der Waals surface area contributed by atoms with Crippen molar-refractivity contribution >= 4 is 90.0 Å². The third-order valence-corrected chi connectivity index (χ3v) is 43.8. The summed E-state index contributed by atoms with van der Waals surface area (Å²) in [5.41, 5.74) is -0.430. The molecule has 0 aliphatic heterocycles. The zero-order valence-corrected chi connectivity index (χ0v) is 39.3. The third kappa shape index (κ3) is 8.80. The standard InChI is InChI=1S/C48H38N2O8Te3/c51-49(52)45-35-19-21-37-47(45)55-59(39-23-7-1-8-24-39,40-25-9-2-10-26-40)57-61(43-31-15-5-16-32-43,44-33-17-6-18-34-44)58-60(41-27-11-3-12-28-41,42-29-13-4-14-30-42)56-48-38-22-20-36-46(48)50(53)54/h1-38H. The molecule has 13 heteroatoms. The van der Waals surface area contributed by atoms with Gasteiger partial charge in [-0.15, -0.1) is 0 Å². The normalized spacial score (nSPS) is 12.5. The second-order valence-electron chi connectivity index (χ2n) is 13.1. The summed E-state index contributed by atoms with van der Waals surface area (Å²) in [5.74, 6) is 0.101. The number of benzene rings is 8. The first-order valence-electron chi connectivity index (χ1n) is 18.9. The molecule has 0 fully saturated rings. The Hall–Kier alpha value is -5.55. The maximum atomic E-state index is 12.7. The molecule has 8 rings (SSSR count). The van der Waals surface area contributed by atoms with Gasteiger partial charge in [0.2, 0.25) is 0 Å². The van der Waals surface area contributed by atoms with E-state index in [4.69, 9.17) is 9.13 Å². The molecule has 0 heterocycles. The van der Waals surface area contributed by atoms with E-state index >= 15 is 0 Å². The number of nitro benzene ring substituents is 2. The van der Waals surface area contributed by atoms with Crippen molar-refractivity contribution in [2.75, 3.05) is 0 Å². The summed E-state index contributed by atoms with van der Waals surface area (Å²) in [4.78, 5) is 24.5. The molecule has 0 spiro atoms. The third-order valence-electron chi connectivity index (χ3n) is 9.24. The minimum absolute atomic E-state index is 0.0505. The van der Waals surface area contributed by atoms with Crippen molar-refractivity contribution in [3.8, 4) is 11.5 Å².